The van der Waals surface area contributed by atoms with Gasteiger partial charge in [0.15, 0.2) is 5.40 Å². The van der Waals surface area contributed by atoms with Gasteiger partial charge in [-0.05, 0) is 55.4 Å². The summed E-state index contributed by atoms with van der Waals surface area (Å²) in [6.45, 7) is 14.1. The highest BCUT2D eigenvalue weighted by molar-refractivity contribution is 7.72. The van der Waals surface area contributed by atoms with Gasteiger partial charge in [0.2, 0.25) is 5.78 Å². The van der Waals surface area contributed by atoms with Crippen molar-refractivity contribution in [3.8, 4) is 0 Å². The Labute approximate surface area is 179 Å². The van der Waals surface area contributed by atoms with Crippen LogP contribution >= 0.6 is 15.2 Å². The van der Waals surface area contributed by atoms with E-state index in [9.17, 15) is 9.13 Å². The second-order valence-electron chi connectivity index (χ2n) is 8.26. The Morgan fingerprint density at radius 2 is 1.20 bits per heavy atom. The third kappa shape index (κ3) is 6.28. The first-order valence-corrected chi connectivity index (χ1v) is 13.5. The van der Waals surface area contributed by atoms with Crippen LogP contribution in [0.5, 0.6) is 0 Å². The van der Waals surface area contributed by atoms with Crippen LogP contribution in [-0.2, 0) is 33.8 Å². The minimum Gasteiger partial charge on any atom is -0.315 e. The Kier molecular flexibility index (Phi) is 8.53. The van der Waals surface area contributed by atoms with E-state index in [-0.39, 0.29) is 6.54 Å². The molecule has 0 aliphatic carbocycles. The van der Waals surface area contributed by atoms with E-state index in [1.165, 1.54) is 0 Å². The molecule has 0 aliphatic heterocycles. The molecule has 2 heterocycles. The van der Waals surface area contributed by atoms with E-state index in [0.717, 1.165) is 0 Å². The molecule has 0 spiro atoms. The van der Waals surface area contributed by atoms with E-state index in [0.29, 0.717) is 5.78 Å². The molecule has 2 aromatic heterocycles. The molecule has 0 radical (unpaired) electrons. The summed E-state index contributed by atoms with van der Waals surface area (Å²) < 4.78 is 55.1. The zero-order valence-corrected chi connectivity index (χ0v) is 20.9. The first-order valence-electron chi connectivity index (χ1n) is 10.3. The van der Waals surface area contributed by atoms with E-state index in [4.69, 9.17) is 18.1 Å². The first kappa shape index (κ1) is 25.3. The first-order chi connectivity index (χ1) is 13.9. The van der Waals surface area contributed by atoms with E-state index >= 15 is 0 Å². The smallest absolute Gasteiger partial charge is 0.315 e. The number of hydrogen-bond acceptors (Lipinski definition) is 7. The van der Waals surface area contributed by atoms with Crippen LogP contribution in [0.2, 0.25) is 0 Å². The van der Waals surface area contributed by atoms with Gasteiger partial charge >= 0.3 is 15.2 Å². The molecule has 0 saturated carbocycles. The van der Waals surface area contributed by atoms with Crippen LogP contribution in [0, 0.1) is 0 Å². The second kappa shape index (κ2) is 10.1. The lowest BCUT2D eigenvalue weighted by atomic mass is 10.5. The third-order valence-electron chi connectivity index (χ3n) is 3.83. The molecule has 2 rings (SSSR count). The number of rotatable bonds is 12. The maximum Gasteiger partial charge on any atom is 0.348 e. The van der Waals surface area contributed by atoms with Crippen molar-refractivity contribution in [2.24, 2.45) is 0 Å². The Morgan fingerprint density at radius 3 is 1.60 bits per heavy atom. The molecule has 30 heavy (non-hydrogen) atoms. The molecule has 0 atom stereocenters. The normalized spacial score (nSPS) is 13.8. The molecule has 0 aromatic carbocycles. The van der Waals surface area contributed by atoms with Gasteiger partial charge in [-0.3, -0.25) is 13.5 Å². The molecule has 0 amide bonds. The highest BCUT2D eigenvalue weighted by Crippen LogP contribution is 2.72. The Balaban J connectivity index is 2.62. The summed E-state index contributed by atoms with van der Waals surface area (Å²) in [6, 6.07) is 0. The fourth-order valence-electron chi connectivity index (χ4n) is 3.06. The van der Waals surface area contributed by atoms with Gasteiger partial charge in [-0.2, -0.15) is 0 Å². The minimum absolute atomic E-state index is 0.0287. The maximum absolute atomic E-state index is 14.1. The highest BCUT2D eigenvalue weighted by atomic mass is 31.2. The van der Waals surface area contributed by atoms with E-state index in [1.807, 2.05) is 10.6 Å². The van der Waals surface area contributed by atoms with Crippen LogP contribution in [0.4, 0.5) is 0 Å². The van der Waals surface area contributed by atoms with Crippen molar-refractivity contribution in [2.45, 2.75) is 91.8 Å². The fourth-order valence-corrected chi connectivity index (χ4v) is 8.86. The Morgan fingerprint density at radius 1 is 0.767 bits per heavy atom. The van der Waals surface area contributed by atoms with Gasteiger partial charge in [-0.15, -0.1) is 0 Å². The lowest BCUT2D eigenvalue weighted by Crippen LogP contribution is -2.27. The van der Waals surface area contributed by atoms with Crippen molar-refractivity contribution in [1.82, 2.24) is 14.0 Å². The van der Waals surface area contributed by atoms with Crippen molar-refractivity contribution in [3.63, 3.8) is 0 Å². The summed E-state index contributed by atoms with van der Waals surface area (Å²) in [4.78, 5) is 4.32. The molecule has 0 N–H and O–H groups in total. The van der Waals surface area contributed by atoms with Crippen LogP contribution < -0.4 is 0 Å². The van der Waals surface area contributed by atoms with Crippen LogP contribution in [0.25, 0.3) is 5.78 Å². The lowest BCUT2D eigenvalue weighted by molar-refractivity contribution is 0.121. The molecule has 172 valence electrons. The van der Waals surface area contributed by atoms with Crippen molar-refractivity contribution in [3.05, 3.63) is 24.8 Å². The summed E-state index contributed by atoms with van der Waals surface area (Å²) in [7, 11) is -7.89. The SMILES string of the molecule is CC(C)OP(=O)(OC(C)C)C(Cn1ccn2ccnc12)P(=O)(OC(C)C)OC(C)C. The Hall–Kier alpha value is -0.950. The van der Waals surface area contributed by atoms with Crippen LogP contribution in [0.1, 0.15) is 55.4 Å². The molecule has 0 aliphatic rings. The van der Waals surface area contributed by atoms with Gasteiger partial charge in [-0.25, -0.2) is 4.98 Å². The van der Waals surface area contributed by atoms with Crippen LogP contribution in [0.15, 0.2) is 24.8 Å². The lowest BCUT2D eigenvalue weighted by Gasteiger charge is -2.35. The van der Waals surface area contributed by atoms with Gasteiger partial charge in [0.25, 0.3) is 0 Å². The molecule has 2 aromatic rings. The average molecular weight is 463 g/mol. The third-order valence-corrected chi connectivity index (χ3v) is 10.2. The average Bonchev–Trinajstić information content (AvgIpc) is 3.12. The van der Waals surface area contributed by atoms with Gasteiger partial charge in [0.05, 0.1) is 31.0 Å². The summed E-state index contributed by atoms with van der Waals surface area (Å²) in [5, 5.41) is -1.17. The molecule has 0 saturated heterocycles. The molecule has 11 heteroatoms. The maximum atomic E-state index is 14.1. The molecule has 0 bridgehead atoms. The standard InChI is InChI=1S/C19H35N3O6P2/c1-14(2)25-29(23,26-15(3)4)18(30(24,27-16(5)6)28-17(7)8)13-22-12-11-21-10-9-20-19(21)22/h9-12,14-18H,13H2,1-8H3. The number of imidazole rings is 2. The van der Waals surface area contributed by atoms with Crippen molar-refractivity contribution < 1.29 is 27.2 Å². The molecule has 0 unspecified atom stereocenters. The largest absolute Gasteiger partial charge is 0.348 e. The topological polar surface area (TPSA) is 93.3 Å². The molecular formula is C19H35N3O6P2. The van der Waals surface area contributed by atoms with E-state index in [2.05, 4.69) is 4.98 Å². The van der Waals surface area contributed by atoms with Crippen LogP contribution in [0.3, 0.4) is 0 Å². The Bertz CT molecular complexity index is 839. The summed E-state index contributed by atoms with van der Waals surface area (Å²) in [5.74, 6) is 0.612. The van der Waals surface area contributed by atoms with Gasteiger partial charge in [0.1, 0.15) is 0 Å². The predicted octanol–water partition coefficient (Wildman–Crippen LogP) is 5.55. The van der Waals surface area contributed by atoms with Gasteiger partial charge in [-0.1, -0.05) is 0 Å². The number of hydrogen-bond donors (Lipinski definition) is 0. The zero-order valence-electron chi connectivity index (χ0n) is 19.1. The van der Waals surface area contributed by atoms with Gasteiger partial charge in [0, 0.05) is 24.8 Å². The van der Waals surface area contributed by atoms with E-state index in [1.54, 1.807) is 78.5 Å². The second-order valence-corrected chi connectivity index (χ2v) is 12.9. The van der Waals surface area contributed by atoms with Gasteiger partial charge < -0.3 is 22.7 Å². The fraction of sp³-hybridized carbons (Fsp3) is 0.737. The number of nitrogens with zero attached hydrogens (tertiary/aromatic N) is 3. The predicted molar refractivity (Wildman–Crippen MR) is 117 cm³/mol. The highest BCUT2D eigenvalue weighted by Gasteiger charge is 2.53. The zero-order chi connectivity index (χ0) is 22.7. The minimum atomic E-state index is -3.95. The van der Waals surface area contributed by atoms with Crippen molar-refractivity contribution >= 4 is 21.0 Å². The summed E-state index contributed by atoms with van der Waals surface area (Å²) in [6.07, 6.45) is 5.38. The number of aromatic nitrogens is 3. The number of fused-ring (bicyclic) bond motifs is 1. The quantitative estimate of drug-likeness (QED) is 0.381. The summed E-state index contributed by atoms with van der Waals surface area (Å²) >= 11 is 0. The molecule has 0 fully saturated rings. The monoisotopic (exact) mass is 463 g/mol. The summed E-state index contributed by atoms with van der Waals surface area (Å²) in [5.41, 5.74) is 0. The van der Waals surface area contributed by atoms with Crippen molar-refractivity contribution in [2.75, 3.05) is 0 Å². The molecular weight excluding hydrogens is 428 g/mol. The molecule has 9 nitrogen and oxygen atoms in total. The van der Waals surface area contributed by atoms with Crippen molar-refractivity contribution in [1.29, 1.82) is 0 Å². The van der Waals surface area contributed by atoms with E-state index < -0.39 is 45.0 Å². The van der Waals surface area contributed by atoms with Crippen LogP contribution in [-0.4, -0.2) is 43.8 Å².